The van der Waals surface area contributed by atoms with Gasteiger partial charge < -0.3 is 26.2 Å². The first kappa shape index (κ1) is 27.7. The molecule has 11 heteroatoms. The van der Waals surface area contributed by atoms with Gasteiger partial charge in [-0.05, 0) is 78.5 Å². The van der Waals surface area contributed by atoms with E-state index < -0.39 is 0 Å². The van der Waals surface area contributed by atoms with Crippen molar-refractivity contribution in [2.24, 2.45) is 5.41 Å². The Morgan fingerprint density at radius 3 is 2.64 bits per heavy atom. The summed E-state index contributed by atoms with van der Waals surface area (Å²) in [6.07, 6.45) is 6.22. The molecular formula is C31H36N6O3S2. The van der Waals surface area contributed by atoms with E-state index in [-0.39, 0.29) is 29.7 Å². The van der Waals surface area contributed by atoms with Crippen LogP contribution in [0.2, 0.25) is 0 Å². The zero-order chi connectivity index (χ0) is 28.8. The van der Waals surface area contributed by atoms with Gasteiger partial charge >= 0.3 is 0 Å². The third kappa shape index (κ3) is 5.39. The summed E-state index contributed by atoms with van der Waals surface area (Å²) in [6.45, 7) is 6.52. The average Bonchev–Trinajstić information content (AvgIpc) is 3.67. The SMILES string of the molecule is CC(=O)NCc1ccc(-c2cnc(C3CN(C(=O)c4ccc(NC(=O)[C@@H]5CCCN5)s4)C3)s2)cc1C1CC2(CNC2)C1. The van der Waals surface area contributed by atoms with E-state index in [0.717, 1.165) is 42.4 Å². The highest BCUT2D eigenvalue weighted by Crippen LogP contribution is 2.54. The number of likely N-dealkylation sites (tertiary alicyclic amines) is 1. The molecule has 1 aromatic carbocycles. The maximum absolute atomic E-state index is 13.1. The molecule has 3 saturated heterocycles. The molecule has 2 aromatic heterocycles. The Balaban J connectivity index is 0.981. The molecule has 3 aromatic rings. The number of nitrogens with one attached hydrogen (secondary N) is 4. The highest BCUT2D eigenvalue weighted by molar-refractivity contribution is 7.18. The number of carbonyl (C=O) groups excluding carboxylic acids is 3. The van der Waals surface area contributed by atoms with Gasteiger partial charge in [-0.1, -0.05) is 12.1 Å². The minimum absolute atomic E-state index is 0.00635. The largest absolute Gasteiger partial charge is 0.352 e. The lowest BCUT2D eigenvalue weighted by molar-refractivity contribution is -0.119. The number of amides is 3. The first-order chi connectivity index (χ1) is 20.4. The molecule has 1 saturated carbocycles. The van der Waals surface area contributed by atoms with Crippen molar-refractivity contribution in [2.45, 2.75) is 57.0 Å². The Morgan fingerprint density at radius 2 is 1.93 bits per heavy atom. The predicted molar refractivity (Wildman–Crippen MR) is 165 cm³/mol. The maximum atomic E-state index is 13.1. The molecular weight excluding hydrogens is 569 g/mol. The monoisotopic (exact) mass is 604 g/mol. The fourth-order valence-electron chi connectivity index (χ4n) is 6.68. The van der Waals surface area contributed by atoms with Crippen LogP contribution in [0, 0.1) is 5.41 Å². The molecule has 0 radical (unpaired) electrons. The van der Waals surface area contributed by atoms with Crippen molar-refractivity contribution in [1.29, 1.82) is 0 Å². The topological polar surface area (TPSA) is 115 Å². The van der Waals surface area contributed by atoms with Gasteiger partial charge in [-0.15, -0.1) is 22.7 Å². The molecule has 3 amide bonds. The van der Waals surface area contributed by atoms with Gasteiger partial charge in [0, 0.05) is 51.8 Å². The molecule has 1 spiro atoms. The van der Waals surface area contributed by atoms with Crippen molar-refractivity contribution in [2.75, 3.05) is 38.0 Å². The number of thiophene rings is 1. The van der Waals surface area contributed by atoms with Gasteiger partial charge in [-0.2, -0.15) is 0 Å². The van der Waals surface area contributed by atoms with Crippen molar-refractivity contribution >= 4 is 45.4 Å². The molecule has 5 heterocycles. The lowest BCUT2D eigenvalue weighted by atomic mass is 9.56. The van der Waals surface area contributed by atoms with E-state index in [9.17, 15) is 14.4 Å². The highest BCUT2D eigenvalue weighted by atomic mass is 32.1. The van der Waals surface area contributed by atoms with Crippen molar-refractivity contribution in [3.05, 3.63) is 57.5 Å². The first-order valence-electron chi connectivity index (χ1n) is 14.8. The molecule has 220 valence electrons. The minimum atomic E-state index is -0.144. The van der Waals surface area contributed by atoms with Crippen molar-refractivity contribution in [3.63, 3.8) is 0 Å². The van der Waals surface area contributed by atoms with Gasteiger partial charge in [0.25, 0.3) is 5.91 Å². The minimum Gasteiger partial charge on any atom is -0.352 e. The molecule has 1 aliphatic carbocycles. The summed E-state index contributed by atoms with van der Waals surface area (Å²) in [5.74, 6) is 0.725. The maximum Gasteiger partial charge on any atom is 0.264 e. The second-order valence-corrected chi connectivity index (χ2v) is 14.4. The summed E-state index contributed by atoms with van der Waals surface area (Å²) in [5.41, 5.74) is 4.19. The van der Waals surface area contributed by atoms with Gasteiger partial charge in [-0.25, -0.2) is 4.98 Å². The average molecular weight is 605 g/mol. The smallest absolute Gasteiger partial charge is 0.264 e. The molecule has 0 bridgehead atoms. The van der Waals surface area contributed by atoms with Gasteiger partial charge in [-0.3, -0.25) is 14.4 Å². The summed E-state index contributed by atoms with van der Waals surface area (Å²) in [4.78, 5) is 45.5. The number of rotatable bonds is 8. The van der Waals surface area contributed by atoms with Gasteiger partial charge in [0.05, 0.1) is 25.8 Å². The fourth-order valence-corrected chi connectivity index (χ4v) is 8.56. The Morgan fingerprint density at radius 1 is 1.10 bits per heavy atom. The van der Waals surface area contributed by atoms with Crippen LogP contribution in [-0.2, 0) is 16.1 Å². The molecule has 4 N–H and O–H groups in total. The van der Waals surface area contributed by atoms with E-state index in [0.29, 0.717) is 40.8 Å². The highest BCUT2D eigenvalue weighted by Gasteiger charge is 2.49. The van der Waals surface area contributed by atoms with E-state index in [1.165, 1.54) is 40.9 Å². The van der Waals surface area contributed by atoms with E-state index in [1.54, 1.807) is 24.3 Å². The van der Waals surface area contributed by atoms with Crippen LogP contribution < -0.4 is 21.3 Å². The summed E-state index contributed by atoms with van der Waals surface area (Å²) >= 11 is 3.04. The summed E-state index contributed by atoms with van der Waals surface area (Å²) in [5, 5.41) is 14.3. The van der Waals surface area contributed by atoms with Crippen LogP contribution in [0.4, 0.5) is 5.00 Å². The lowest BCUT2D eigenvalue weighted by Crippen LogP contribution is -2.59. The van der Waals surface area contributed by atoms with E-state index in [1.807, 2.05) is 17.2 Å². The van der Waals surface area contributed by atoms with Crippen LogP contribution in [0.5, 0.6) is 0 Å². The Hall–Kier alpha value is -3.12. The second-order valence-electron chi connectivity index (χ2n) is 12.3. The molecule has 42 heavy (non-hydrogen) atoms. The van der Waals surface area contributed by atoms with Gasteiger partial charge in [0.2, 0.25) is 11.8 Å². The summed E-state index contributed by atoms with van der Waals surface area (Å²) < 4.78 is 0. The fraction of sp³-hybridized carbons (Fsp3) is 0.484. The van der Waals surface area contributed by atoms with Crippen molar-refractivity contribution in [3.8, 4) is 10.4 Å². The van der Waals surface area contributed by atoms with Crippen LogP contribution in [0.1, 0.15) is 70.2 Å². The van der Waals surface area contributed by atoms with E-state index >= 15 is 0 Å². The number of thiazole rings is 1. The molecule has 4 fully saturated rings. The van der Waals surface area contributed by atoms with Crippen LogP contribution in [-0.4, -0.2) is 66.4 Å². The van der Waals surface area contributed by atoms with E-state index in [4.69, 9.17) is 4.98 Å². The standard InChI is InChI=1S/C31H36N6O3S2/c1-18(38)34-12-20-5-4-19(9-23(20)21-10-31(11-21)16-32-17-31)26-13-35-29(42-26)22-14-37(15-22)30(40)25-6-7-27(41-25)36-28(39)24-3-2-8-33-24/h4-7,9,13,21-22,24,32-33H,2-3,8,10-12,14-17H2,1H3,(H,34,38)(H,36,39)/t24-/m0/s1. The van der Waals surface area contributed by atoms with Gasteiger partial charge in [0.1, 0.15) is 0 Å². The van der Waals surface area contributed by atoms with Crippen molar-refractivity contribution in [1.82, 2.24) is 25.8 Å². The van der Waals surface area contributed by atoms with Crippen LogP contribution >= 0.6 is 22.7 Å². The summed E-state index contributed by atoms with van der Waals surface area (Å²) in [6, 6.07) is 10.1. The number of aromatic nitrogens is 1. The third-order valence-corrected chi connectivity index (χ3v) is 11.4. The van der Waals surface area contributed by atoms with Crippen molar-refractivity contribution < 1.29 is 14.4 Å². The molecule has 4 aliphatic rings. The van der Waals surface area contributed by atoms with Gasteiger partial charge in [0.15, 0.2) is 0 Å². The molecule has 3 aliphatic heterocycles. The normalized spacial score (nSPS) is 21.5. The number of carbonyl (C=O) groups is 3. The van der Waals surface area contributed by atoms with Crippen LogP contribution in [0.25, 0.3) is 10.4 Å². The zero-order valence-corrected chi connectivity index (χ0v) is 25.3. The summed E-state index contributed by atoms with van der Waals surface area (Å²) in [7, 11) is 0. The van der Waals surface area contributed by atoms with Crippen LogP contribution in [0.15, 0.2) is 36.5 Å². The Labute approximate surface area is 253 Å². The quantitative estimate of drug-likeness (QED) is 0.310. The molecule has 1 atom stereocenters. The number of benzene rings is 1. The first-order valence-corrected chi connectivity index (χ1v) is 16.5. The number of hydrogen-bond acceptors (Lipinski definition) is 8. The van der Waals surface area contributed by atoms with Crippen LogP contribution in [0.3, 0.4) is 0 Å². The lowest BCUT2D eigenvalue weighted by Gasteiger charge is -2.55. The number of anilines is 1. The molecule has 7 rings (SSSR count). The number of nitrogens with zero attached hydrogens (tertiary/aromatic N) is 2. The van der Waals surface area contributed by atoms with E-state index in [2.05, 4.69) is 39.5 Å². The second kappa shape index (κ2) is 11.2. The zero-order valence-electron chi connectivity index (χ0n) is 23.7. The Kier molecular flexibility index (Phi) is 7.37. The third-order valence-electron chi connectivity index (χ3n) is 9.24. The Bertz CT molecular complexity index is 1510. The molecule has 0 unspecified atom stereocenters. The predicted octanol–water partition coefficient (Wildman–Crippen LogP) is 3.90. The number of hydrogen-bond donors (Lipinski definition) is 4. The molecule has 9 nitrogen and oxygen atoms in total.